The van der Waals surface area contributed by atoms with Crippen LogP contribution in [0.3, 0.4) is 0 Å². The Balaban J connectivity index is 1.37. The molecule has 2 N–H and O–H groups in total. The van der Waals surface area contributed by atoms with Crippen molar-refractivity contribution in [3.8, 4) is 11.3 Å². The molecular formula is C22H20N3O2S+. The van der Waals surface area contributed by atoms with E-state index < -0.39 is 0 Å². The number of thiophene rings is 1. The topological polar surface area (TPSA) is 63.3 Å². The third kappa shape index (κ3) is 3.21. The molecule has 0 spiro atoms. The lowest BCUT2D eigenvalue weighted by Gasteiger charge is -2.23. The van der Waals surface area contributed by atoms with E-state index in [9.17, 15) is 4.79 Å². The van der Waals surface area contributed by atoms with Crippen molar-refractivity contribution in [3.63, 3.8) is 0 Å². The molecule has 1 aliphatic rings. The van der Waals surface area contributed by atoms with Crippen molar-refractivity contribution < 1.29 is 9.32 Å². The number of hydrogen-bond donors (Lipinski definition) is 2. The van der Waals surface area contributed by atoms with Crippen LogP contribution in [0.1, 0.15) is 17.8 Å². The third-order valence-corrected chi connectivity index (χ3v) is 6.10. The maximum absolute atomic E-state index is 12.7. The van der Waals surface area contributed by atoms with Gasteiger partial charge in [-0.3, -0.25) is 4.79 Å². The number of quaternary nitrogens is 1. The highest BCUT2D eigenvalue weighted by Gasteiger charge is 2.19. The molecule has 4 aromatic rings. The highest BCUT2D eigenvalue weighted by molar-refractivity contribution is 7.17. The molecule has 0 fully saturated rings. The van der Waals surface area contributed by atoms with E-state index in [1.54, 1.807) is 6.26 Å². The van der Waals surface area contributed by atoms with Crippen molar-refractivity contribution in [1.82, 2.24) is 9.97 Å². The van der Waals surface area contributed by atoms with Gasteiger partial charge < -0.3 is 14.3 Å². The molecule has 1 aromatic carbocycles. The summed E-state index contributed by atoms with van der Waals surface area (Å²) in [5, 5.41) is 2.56. The van der Waals surface area contributed by atoms with Crippen LogP contribution in [0.5, 0.6) is 0 Å². The second-order valence-corrected chi connectivity index (χ2v) is 7.90. The second-order valence-electron chi connectivity index (χ2n) is 7.05. The molecule has 0 bridgehead atoms. The van der Waals surface area contributed by atoms with Crippen LogP contribution < -0.4 is 10.5 Å². The molecular weight excluding hydrogens is 370 g/mol. The fraction of sp³-hybridized carbons (Fsp3) is 0.182. The fourth-order valence-corrected chi connectivity index (χ4v) is 4.73. The van der Waals surface area contributed by atoms with Gasteiger partial charge in [-0.2, -0.15) is 0 Å². The van der Waals surface area contributed by atoms with Gasteiger partial charge in [0, 0.05) is 17.4 Å². The van der Waals surface area contributed by atoms with Gasteiger partial charge in [0.2, 0.25) is 0 Å². The van der Waals surface area contributed by atoms with Gasteiger partial charge in [-0.05, 0) is 29.3 Å². The SMILES string of the molecule is O=c1[nH]c(C[NH+]2CC=C(c3ccccc3)CC2)nc2scc(-c3ccco3)c12. The maximum atomic E-state index is 12.7. The predicted molar refractivity (Wildman–Crippen MR) is 111 cm³/mol. The summed E-state index contributed by atoms with van der Waals surface area (Å²) in [6, 6.07) is 14.2. The number of aromatic nitrogens is 2. The fourth-order valence-electron chi connectivity index (χ4n) is 3.79. The van der Waals surface area contributed by atoms with Crippen molar-refractivity contribution >= 4 is 27.1 Å². The first kappa shape index (κ1) is 17.2. The number of fused-ring (bicyclic) bond motifs is 1. The summed E-state index contributed by atoms with van der Waals surface area (Å²) >= 11 is 1.49. The number of hydrogen-bond acceptors (Lipinski definition) is 4. The molecule has 6 heteroatoms. The van der Waals surface area contributed by atoms with Crippen LogP contribution in [0.4, 0.5) is 0 Å². The normalized spacial score (nSPS) is 17.0. The van der Waals surface area contributed by atoms with E-state index in [1.165, 1.54) is 27.4 Å². The van der Waals surface area contributed by atoms with E-state index >= 15 is 0 Å². The minimum Gasteiger partial charge on any atom is -0.464 e. The molecule has 5 rings (SSSR count). The van der Waals surface area contributed by atoms with Gasteiger partial charge >= 0.3 is 0 Å². The van der Waals surface area contributed by atoms with Crippen LogP contribution >= 0.6 is 11.3 Å². The lowest BCUT2D eigenvalue weighted by atomic mass is 10.00. The number of nitrogens with zero attached hydrogens (tertiary/aromatic N) is 1. The summed E-state index contributed by atoms with van der Waals surface area (Å²) < 4.78 is 5.45. The Morgan fingerprint density at radius 1 is 1.18 bits per heavy atom. The molecule has 5 nitrogen and oxygen atoms in total. The quantitative estimate of drug-likeness (QED) is 0.563. The molecule has 1 aliphatic heterocycles. The standard InChI is InChI=1S/C22H19N3O2S/c26-21-20-17(18-7-4-12-27-18)14-28-22(20)24-19(23-21)13-25-10-8-16(9-11-25)15-5-2-1-3-6-15/h1-8,12,14H,9-11,13H2,(H,23,24,26)/p+1. The second kappa shape index (κ2) is 7.22. The Bertz CT molecular complexity index is 1190. The molecule has 4 heterocycles. The van der Waals surface area contributed by atoms with Gasteiger partial charge in [0.25, 0.3) is 5.56 Å². The van der Waals surface area contributed by atoms with E-state index in [2.05, 4.69) is 35.3 Å². The number of nitrogens with one attached hydrogen (secondary N) is 2. The summed E-state index contributed by atoms with van der Waals surface area (Å²) in [5.74, 6) is 1.45. The monoisotopic (exact) mass is 390 g/mol. The predicted octanol–water partition coefficient (Wildman–Crippen LogP) is 3.12. The Kier molecular flexibility index (Phi) is 4.43. The molecule has 0 saturated carbocycles. The zero-order valence-electron chi connectivity index (χ0n) is 15.3. The van der Waals surface area contributed by atoms with Crippen molar-refractivity contribution in [3.05, 3.63) is 81.9 Å². The number of furan rings is 1. The average molecular weight is 390 g/mol. The molecule has 0 aliphatic carbocycles. The van der Waals surface area contributed by atoms with Gasteiger partial charge in [0.1, 0.15) is 17.1 Å². The molecule has 140 valence electrons. The van der Waals surface area contributed by atoms with Crippen molar-refractivity contribution in [2.24, 2.45) is 0 Å². The van der Waals surface area contributed by atoms with E-state index in [0.717, 1.165) is 42.3 Å². The van der Waals surface area contributed by atoms with E-state index in [-0.39, 0.29) is 5.56 Å². The lowest BCUT2D eigenvalue weighted by Crippen LogP contribution is -3.11. The van der Waals surface area contributed by atoms with Crippen LogP contribution in [0.15, 0.2) is 69.4 Å². The Hall–Kier alpha value is -2.96. The molecule has 1 atom stereocenters. The van der Waals surface area contributed by atoms with Gasteiger partial charge in [-0.25, -0.2) is 4.98 Å². The molecule has 0 amide bonds. The van der Waals surface area contributed by atoms with Gasteiger partial charge in [0.15, 0.2) is 5.82 Å². The summed E-state index contributed by atoms with van der Waals surface area (Å²) in [6.07, 6.45) is 4.96. The zero-order valence-corrected chi connectivity index (χ0v) is 16.1. The largest absolute Gasteiger partial charge is 0.464 e. The van der Waals surface area contributed by atoms with Crippen LogP contribution in [0.2, 0.25) is 0 Å². The third-order valence-electron chi connectivity index (χ3n) is 5.23. The van der Waals surface area contributed by atoms with Gasteiger partial charge in [0.05, 0.1) is 24.7 Å². The van der Waals surface area contributed by atoms with Gasteiger partial charge in [-0.15, -0.1) is 11.3 Å². The first-order chi connectivity index (χ1) is 13.8. The Labute approximate surface area is 166 Å². The highest BCUT2D eigenvalue weighted by atomic mass is 32.1. The van der Waals surface area contributed by atoms with E-state index in [0.29, 0.717) is 11.1 Å². The van der Waals surface area contributed by atoms with E-state index in [1.807, 2.05) is 23.6 Å². The zero-order chi connectivity index (χ0) is 18.9. The van der Waals surface area contributed by atoms with Crippen LogP contribution in [-0.2, 0) is 6.54 Å². The number of H-pyrrole nitrogens is 1. The maximum Gasteiger partial charge on any atom is 0.260 e. The molecule has 0 saturated heterocycles. The van der Waals surface area contributed by atoms with Crippen molar-refractivity contribution in [1.29, 1.82) is 0 Å². The lowest BCUT2D eigenvalue weighted by molar-refractivity contribution is -0.909. The summed E-state index contributed by atoms with van der Waals surface area (Å²) in [7, 11) is 0. The number of rotatable bonds is 4. The minimum absolute atomic E-state index is 0.0930. The Morgan fingerprint density at radius 2 is 2.07 bits per heavy atom. The Morgan fingerprint density at radius 3 is 2.82 bits per heavy atom. The number of benzene rings is 1. The molecule has 0 radical (unpaired) electrons. The van der Waals surface area contributed by atoms with Crippen LogP contribution in [-0.4, -0.2) is 23.1 Å². The summed E-state index contributed by atoms with van der Waals surface area (Å²) in [4.78, 5) is 22.6. The molecule has 1 unspecified atom stereocenters. The molecule has 3 aromatic heterocycles. The summed E-state index contributed by atoms with van der Waals surface area (Å²) in [6.45, 7) is 2.69. The first-order valence-electron chi connectivity index (χ1n) is 9.40. The number of aromatic amines is 1. The van der Waals surface area contributed by atoms with E-state index in [4.69, 9.17) is 9.40 Å². The van der Waals surface area contributed by atoms with Gasteiger partial charge in [-0.1, -0.05) is 30.3 Å². The molecule has 28 heavy (non-hydrogen) atoms. The smallest absolute Gasteiger partial charge is 0.260 e. The van der Waals surface area contributed by atoms with Crippen molar-refractivity contribution in [2.45, 2.75) is 13.0 Å². The average Bonchev–Trinajstić information content (AvgIpc) is 3.39. The highest BCUT2D eigenvalue weighted by Crippen LogP contribution is 2.30. The van der Waals surface area contributed by atoms with Crippen LogP contribution in [0.25, 0.3) is 27.1 Å². The summed E-state index contributed by atoms with van der Waals surface area (Å²) in [5.41, 5.74) is 3.43. The first-order valence-corrected chi connectivity index (χ1v) is 10.3. The minimum atomic E-state index is -0.0930. The van der Waals surface area contributed by atoms with Crippen LogP contribution in [0, 0.1) is 0 Å². The van der Waals surface area contributed by atoms with Crippen molar-refractivity contribution in [2.75, 3.05) is 13.1 Å².